The summed E-state index contributed by atoms with van der Waals surface area (Å²) >= 11 is 0. The highest BCUT2D eigenvalue weighted by Gasteiger charge is 2.35. The molecule has 0 aliphatic heterocycles. The molecule has 2 nitrogen and oxygen atoms in total. The number of hydrogen-bond donors (Lipinski definition) is 0. The standard InChI is InChI=1S/C47H30O2/c1-47(2)39-17-9-7-11-29(39)30-21-19-27(23-40(30)47)45-33-13-3-5-15-35(33)46(36-16-6-4-14-34(36)45)28-20-22-32-38-25-37-31-12-8-10-18-41(31)48-43(37)26-44(38)49-42(32)24-28/h3-26H,1-2H3. The lowest BCUT2D eigenvalue weighted by Crippen LogP contribution is -2.14. The normalized spacial score (nSPS) is 13.7. The maximum atomic E-state index is 6.56. The van der Waals surface area contributed by atoms with Gasteiger partial charge < -0.3 is 8.83 Å². The first-order valence-electron chi connectivity index (χ1n) is 17.0. The van der Waals surface area contributed by atoms with Gasteiger partial charge in [-0.2, -0.15) is 0 Å². The van der Waals surface area contributed by atoms with E-state index in [1.165, 1.54) is 60.5 Å². The fourth-order valence-electron chi connectivity index (χ4n) is 8.76. The van der Waals surface area contributed by atoms with Gasteiger partial charge in [0.2, 0.25) is 0 Å². The van der Waals surface area contributed by atoms with Crippen LogP contribution < -0.4 is 0 Å². The van der Waals surface area contributed by atoms with Gasteiger partial charge >= 0.3 is 0 Å². The Morgan fingerprint density at radius 3 is 1.53 bits per heavy atom. The molecule has 8 aromatic carbocycles. The van der Waals surface area contributed by atoms with Crippen LogP contribution >= 0.6 is 0 Å². The average molecular weight is 627 g/mol. The fraction of sp³-hybridized carbons (Fsp3) is 0.0638. The second-order valence-corrected chi connectivity index (χ2v) is 14.0. The van der Waals surface area contributed by atoms with Crippen LogP contribution in [0.3, 0.4) is 0 Å². The second-order valence-electron chi connectivity index (χ2n) is 14.0. The summed E-state index contributed by atoms with van der Waals surface area (Å²) in [5.41, 5.74) is 13.8. The molecule has 0 unspecified atom stereocenters. The van der Waals surface area contributed by atoms with E-state index in [9.17, 15) is 0 Å². The van der Waals surface area contributed by atoms with Gasteiger partial charge in [0, 0.05) is 33.0 Å². The Hall–Kier alpha value is -6.12. The number of fused-ring (bicyclic) bond motifs is 11. The third-order valence-corrected chi connectivity index (χ3v) is 11.1. The van der Waals surface area contributed by atoms with Gasteiger partial charge in [-0.25, -0.2) is 0 Å². The van der Waals surface area contributed by atoms with Crippen molar-refractivity contribution in [2.24, 2.45) is 0 Å². The molecule has 0 radical (unpaired) electrons. The van der Waals surface area contributed by atoms with E-state index in [1.54, 1.807) is 0 Å². The Morgan fingerprint density at radius 2 is 0.837 bits per heavy atom. The van der Waals surface area contributed by atoms with E-state index >= 15 is 0 Å². The summed E-state index contributed by atoms with van der Waals surface area (Å²) in [5, 5.41) is 9.42. The lowest BCUT2D eigenvalue weighted by Gasteiger charge is -2.23. The minimum absolute atomic E-state index is 0.0643. The van der Waals surface area contributed by atoms with Gasteiger partial charge in [-0.3, -0.25) is 0 Å². The van der Waals surface area contributed by atoms with Crippen molar-refractivity contribution in [1.82, 2.24) is 0 Å². The molecule has 10 aromatic rings. The van der Waals surface area contributed by atoms with Crippen molar-refractivity contribution >= 4 is 65.4 Å². The zero-order valence-corrected chi connectivity index (χ0v) is 27.2. The molecular weight excluding hydrogens is 597 g/mol. The van der Waals surface area contributed by atoms with Crippen molar-refractivity contribution in [1.29, 1.82) is 0 Å². The first-order chi connectivity index (χ1) is 24.0. The van der Waals surface area contributed by atoms with Gasteiger partial charge in [0.25, 0.3) is 0 Å². The minimum Gasteiger partial charge on any atom is -0.456 e. The van der Waals surface area contributed by atoms with Gasteiger partial charge in [0.15, 0.2) is 0 Å². The van der Waals surface area contributed by atoms with E-state index in [2.05, 4.69) is 141 Å². The molecule has 1 aliphatic rings. The van der Waals surface area contributed by atoms with Crippen LogP contribution in [-0.4, -0.2) is 0 Å². The van der Waals surface area contributed by atoms with E-state index in [0.717, 1.165) is 49.4 Å². The van der Waals surface area contributed by atoms with Crippen LogP contribution in [0.4, 0.5) is 0 Å². The van der Waals surface area contributed by atoms with Crippen LogP contribution in [0.25, 0.3) is 98.8 Å². The number of benzene rings is 8. The predicted octanol–water partition coefficient (Wildman–Crippen LogP) is 13.4. The highest BCUT2D eigenvalue weighted by molar-refractivity contribution is 6.22. The maximum absolute atomic E-state index is 6.56. The van der Waals surface area contributed by atoms with E-state index in [0.29, 0.717) is 0 Å². The fourth-order valence-corrected chi connectivity index (χ4v) is 8.76. The van der Waals surface area contributed by atoms with Gasteiger partial charge in [0.05, 0.1) is 0 Å². The van der Waals surface area contributed by atoms with Crippen LogP contribution in [0, 0.1) is 0 Å². The molecule has 0 bridgehead atoms. The Kier molecular flexibility index (Phi) is 5.21. The minimum atomic E-state index is -0.0643. The molecule has 0 saturated carbocycles. The van der Waals surface area contributed by atoms with Crippen molar-refractivity contribution in [3.05, 3.63) is 157 Å². The Labute approximate surface area is 282 Å². The van der Waals surface area contributed by atoms with Crippen molar-refractivity contribution in [2.75, 3.05) is 0 Å². The molecule has 0 fully saturated rings. The molecule has 0 amide bonds. The number of hydrogen-bond acceptors (Lipinski definition) is 2. The molecule has 2 heterocycles. The smallest absolute Gasteiger partial charge is 0.139 e. The van der Waals surface area contributed by atoms with Gasteiger partial charge in [-0.05, 0) is 96.4 Å². The summed E-state index contributed by atoms with van der Waals surface area (Å²) in [6, 6.07) is 52.9. The van der Waals surface area contributed by atoms with E-state index in [4.69, 9.17) is 8.83 Å². The van der Waals surface area contributed by atoms with Crippen LogP contribution in [0.15, 0.2) is 154 Å². The molecule has 230 valence electrons. The molecule has 1 aliphatic carbocycles. The zero-order valence-electron chi connectivity index (χ0n) is 27.2. The van der Waals surface area contributed by atoms with Gasteiger partial charge in [-0.1, -0.05) is 123 Å². The van der Waals surface area contributed by atoms with Gasteiger partial charge in [0.1, 0.15) is 22.3 Å². The number of para-hydroxylation sites is 1. The SMILES string of the molecule is CC1(C)c2ccccc2-c2ccc(-c3c4ccccc4c(-c4ccc5c(c4)oc4cc6oc7ccccc7c6cc45)c4ccccc34)cc21. The van der Waals surface area contributed by atoms with Gasteiger partial charge in [-0.15, -0.1) is 0 Å². The van der Waals surface area contributed by atoms with Crippen molar-refractivity contribution in [2.45, 2.75) is 19.3 Å². The molecule has 0 atom stereocenters. The highest BCUT2D eigenvalue weighted by atomic mass is 16.3. The third kappa shape index (κ3) is 3.61. The molecule has 2 aromatic heterocycles. The summed E-state index contributed by atoms with van der Waals surface area (Å²) in [6.45, 7) is 4.71. The summed E-state index contributed by atoms with van der Waals surface area (Å²) in [4.78, 5) is 0. The lowest BCUT2D eigenvalue weighted by atomic mass is 9.80. The third-order valence-electron chi connectivity index (χ3n) is 11.1. The Balaban J connectivity index is 1.14. The van der Waals surface area contributed by atoms with Crippen molar-refractivity contribution in [3.63, 3.8) is 0 Å². The molecular formula is C47H30O2. The summed E-state index contributed by atoms with van der Waals surface area (Å²) in [7, 11) is 0. The lowest BCUT2D eigenvalue weighted by molar-refractivity contribution is 0.656. The largest absolute Gasteiger partial charge is 0.456 e. The zero-order chi connectivity index (χ0) is 32.4. The quantitative estimate of drug-likeness (QED) is 0.178. The molecule has 0 N–H and O–H groups in total. The van der Waals surface area contributed by atoms with Crippen LogP contribution in [0.2, 0.25) is 0 Å². The molecule has 0 saturated heterocycles. The summed E-state index contributed by atoms with van der Waals surface area (Å²) < 4.78 is 12.8. The van der Waals surface area contributed by atoms with Crippen molar-refractivity contribution < 1.29 is 8.83 Å². The first-order valence-corrected chi connectivity index (χ1v) is 17.0. The average Bonchev–Trinajstić information content (AvgIpc) is 3.76. The number of rotatable bonds is 2. The van der Waals surface area contributed by atoms with E-state index < -0.39 is 0 Å². The Bertz CT molecular complexity index is 2970. The molecule has 2 heteroatoms. The molecule has 0 spiro atoms. The highest BCUT2D eigenvalue weighted by Crippen LogP contribution is 2.51. The number of furan rings is 2. The van der Waals surface area contributed by atoms with E-state index in [-0.39, 0.29) is 5.41 Å². The monoisotopic (exact) mass is 626 g/mol. The van der Waals surface area contributed by atoms with E-state index in [1.807, 2.05) is 18.2 Å². The summed E-state index contributed by atoms with van der Waals surface area (Å²) in [6.07, 6.45) is 0. The van der Waals surface area contributed by atoms with Crippen LogP contribution in [-0.2, 0) is 5.41 Å². The topological polar surface area (TPSA) is 26.3 Å². The molecule has 11 rings (SSSR count). The van der Waals surface area contributed by atoms with Crippen LogP contribution in [0.1, 0.15) is 25.0 Å². The maximum Gasteiger partial charge on any atom is 0.139 e. The second kappa shape index (κ2) is 9.49. The van der Waals surface area contributed by atoms with Crippen molar-refractivity contribution in [3.8, 4) is 33.4 Å². The summed E-state index contributed by atoms with van der Waals surface area (Å²) in [5.74, 6) is 0. The predicted molar refractivity (Wildman–Crippen MR) is 204 cm³/mol. The first kappa shape index (κ1) is 26.9. The molecule has 49 heavy (non-hydrogen) atoms. The van der Waals surface area contributed by atoms with Crippen LogP contribution in [0.5, 0.6) is 0 Å². The Morgan fingerprint density at radius 1 is 0.347 bits per heavy atom.